The Kier molecular flexibility index (Phi) is 2.43. The summed E-state index contributed by atoms with van der Waals surface area (Å²) in [6.07, 6.45) is 2.81. The molecule has 4 nitrogen and oxygen atoms in total. The molecule has 0 unspecified atom stereocenters. The third-order valence-corrected chi connectivity index (χ3v) is 2.24. The second kappa shape index (κ2) is 3.74. The largest absolute Gasteiger partial charge is 0.396 e. The van der Waals surface area contributed by atoms with Gasteiger partial charge in [-0.05, 0) is 12.1 Å². The number of benzene rings is 1. The first-order valence-electron chi connectivity index (χ1n) is 4.27. The van der Waals surface area contributed by atoms with Crippen LogP contribution in [0.25, 0.3) is 5.69 Å². The first-order valence-corrected chi connectivity index (χ1v) is 4.65. The molecule has 2 rings (SSSR count). The van der Waals surface area contributed by atoms with E-state index in [-0.39, 0.29) is 0 Å². The number of rotatable bonds is 1. The molecule has 0 amide bonds. The zero-order chi connectivity index (χ0) is 10.8. The van der Waals surface area contributed by atoms with E-state index in [4.69, 9.17) is 17.3 Å². The van der Waals surface area contributed by atoms with Crippen LogP contribution in [0.15, 0.2) is 41.5 Å². The van der Waals surface area contributed by atoms with Crippen LogP contribution in [0.5, 0.6) is 0 Å². The second-order valence-electron chi connectivity index (χ2n) is 2.99. The zero-order valence-electron chi connectivity index (χ0n) is 7.72. The van der Waals surface area contributed by atoms with Crippen molar-refractivity contribution in [2.24, 2.45) is 0 Å². The van der Waals surface area contributed by atoms with E-state index in [0.29, 0.717) is 16.4 Å². The molecule has 0 aliphatic heterocycles. The van der Waals surface area contributed by atoms with Gasteiger partial charge in [-0.25, -0.2) is 4.79 Å². The highest BCUT2D eigenvalue weighted by Crippen LogP contribution is 2.18. The van der Waals surface area contributed by atoms with Crippen molar-refractivity contribution in [1.29, 1.82) is 0 Å². The second-order valence-corrected chi connectivity index (χ2v) is 3.40. The van der Waals surface area contributed by atoms with Crippen molar-refractivity contribution in [3.05, 3.63) is 52.2 Å². The summed E-state index contributed by atoms with van der Waals surface area (Å²) in [6, 6.07) is 7.00. The van der Waals surface area contributed by atoms with Crippen LogP contribution in [0.1, 0.15) is 0 Å². The highest BCUT2D eigenvalue weighted by molar-refractivity contribution is 6.32. The van der Waals surface area contributed by atoms with Crippen LogP contribution in [0.2, 0.25) is 5.02 Å². The molecule has 2 N–H and O–H groups in total. The summed E-state index contributed by atoms with van der Waals surface area (Å²) < 4.78 is 1.32. The van der Waals surface area contributed by atoms with Crippen LogP contribution in [-0.2, 0) is 0 Å². The quantitative estimate of drug-likeness (QED) is 0.793. The topological polar surface area (TPSA) is 60.9 Å². The van der Waals surface area contributed by atoms with Gasteiger partial charge in [0.25, 0.3) is 0 Å². The Hall–Kier alpha value is -1.81. The highest BCUT2D eigenvalue weighted by atomic mass is 35.5. The molecule has 0 saturated carbocycles. The molecular weight excluding hydrogens is 214 g/mol. The predicted octanol–water partition coefficient (Wildman–Crippen LogP) is 1.47. The van der Waals surface area contributed by atoms with Crippen molar-refractivity contribution in [3.8, 4) is 5.69 Å². The number of nitrogens with two attached hydrogens (primary N) is 1. The molecule has 0 aliphatic carbocycles. The molecule has 0 fully saturated rings. The average Bonchev–Trinajstić information content (AvgIpc) is 2.23. The molecule has 1 aromatic heterocycles. The van der Waals surface area contributed by atoms with Crippen LogP contribution in [0.3, 0.4) is 0 Å². The van der Waals surface area contributed by atoms with Gasteiger partial charge in [0.1, 0.15) is 0 Å². The van der Waals surface area contributed by atoms with Gasteiger partial charge >= 0.3 is 5.69 Å². The summed E-state index contributed by atoms with van der Waals surface area (Å²) in [6.45, 7) is 0. The first-order chi connectivity index (χ1) is 7.18. The van der Waals surface area contributed by atoms with Crippen LogP contribution in [-0.4, -0.2) is 9.55 Å². The van der Waals surface area contributed by atoms with Gasteiger partial charge in [-0.3, -0.25) is 4.57 Å². The Bertz CT molecular complexity index is 550. The Morgan fingerprint density at radius 1 is 1.33 bits per heavy atom. The minimum atomic E-state index is -0.405. The summed E-state index contributed by atoms with van der Waals surface area (Å²) in [4.78, 5) is 15.1. The highest BCUT2D eigenvalue weighted by Gasteiger charge is 2.04. The lowest BCUT2D eigenvalue weighted by atomic mass is 10.3. The van der Waals surface area contributed by atoms with E-state index in [1.165, 1.54) is 17.0 Å². The Morgan fingerprint density at radius 3 is 2.80 bits per heavy atom. The fourth-order valence-electron chi connectivity index (χ4n) is 1.25. The van der Waals surface area contributed by atoms with Gasteiger partial charge < -0.3 is 5.73 Å². The van der Waals surface area contributed by atoms with Crippen LogP contribution in [0.4, 0.5) is 5.69 Å². The van der Waals surface area contributed by atoms with Crippen LogP contribution >= 0.6 is 11.6 Å². The third kappa shape index (κ3) is 1.85. The van der Waals surface area contributed by atoms with Crippen LogP contribution < -0.4 is 11.4 Å². The molecule has 0 spiro atoms. The minimum absolute atomic E-state index is 0.405. The standard InChI is InChI=1S/C10H8ClN3O/c11-8-3-1-2-4-9(8)14-6-7(12)5-13-10(14)15/h1-6H,12H2. The van der Waals surface area contributed by atoms with Gasteiger partial charge in [0.2, 0.25) is 0 Å². The summed E-state index contributed by atoms with van der Waals surface area (Å²) in [5.74, 6) is 0. The van der Waals surface area contributed by atoms with Crippen molar-refractivity contribution >= 4 is 17.3 Å². The molecule has 5 heteroatoms. The van der Waals surface area contributed by atoms with Gasteiger partial charge in [-0.15, -0.1) is 0 Å². The molecule has 1 aromatic carbocycles. The van der Waals surface area contributed by atoms with E-state index < -0.39 is 5.69 Å². The average molecular weight is 222 g/mol. The van der Waals surface area contributed by atoms with Crippen LogP contribution in [0, 0.1) is 0 Å². The summed E-state index contributed by atoms with van der Waals surface area (Å²) in [7, 11) is 0. The van der Waals surface area contributed by atoms with Gasteiger partial charge in [0, 0.05) is 6.20 Å². The van der Waals surface area contributed by atoms with E-state index in [9.17, 15) is 4.79 Å². The summed E-state index contributed by atoms with van der Waals surface area (Å²) >= 11 is 5.95. The van der Waals surface area contributed by atoms with Crippen molar-refractivity contribution in [3.63, 3.8) is 0 Å². The molecule has 0 radical (unpaired) electrons. The number of hydrogen-bond donors (Lipinski definition) is 1. The molecule has 76 valence electrons. The number of nitrogen functional groups attached to an aromatic ring is 1. The van der Waals surface area contributed by atoms with Crippen molar-refractivity contribution in [2.45, 2.75) is 0 Å². The molecule has 0 aliphatic rings. The van der Waals surface area contributed by atoms with Crippen molar-refractivity contribution in [2.75, 3.05) is 5.73 Å². The lowest BCUT2D eigenvalue weighted by molar-refractivity contribution is 0.918. The molecule has 15 heavy (non-hydrogen) atoms. The number of nitrogens with zero attached hydrogens (tertiary/aromatic N) is 2. The number of para-hydroxylation sites is 1. The van der Waals surface area contributed by atoms with E-state index in [1.807, 2.05) is 0 Å². The van der Waals surface area contributed by atoms with Gasteiger partial charge in [-0.2, -0.15) is 4.98 Å². The van der Waals surface area contributed by atoms with Gasteiger partial charge in [0.05, 0.1) is 22.6 Å². The number of aromatic nitrogens is 2. The molecular formula is C10H8ClN3O. The third-order valence-electron chi connectivity index (χ3n) is 1.92. The maximum Gasteiger partial charge on any atom is 0.352 e. The lowest BCUT2D eigenvalue weighted by Gasteiger charge is -2.06. The molecule has 0 bridgehead atoms. The fraction of sp³-hybridized carbons (Fsp3) is 0. The smallest absolute Gasteiger partial charge is 0.352 e. The van der Waals surface area contributed by atoms with E-state index in [2.05, 4.69) is 4.98 Å². The van der Waals surface area contributed by atoms with Gasteiger partial charge in [-0.1, -0.05) is 23.7 Å². The minimum Gasteiger partial charge on any atom is -0.396 e. The normalized spacial score (nSPS) is 10.2. The van der Waals surface area contributed by atoms with E-state index in [0.717, 1.165) is 0 Å². The maximum atomic E-state index is 11.5. The number of anilines is 1. The van der Waals surface area contributed by atoms with E-state index in [1.54, 1.807) is 24.3 Å². The summed E-state index contributed by atoms with van der Waals surface area (Å²) in [5.41, 5.74) is 6.13. The van der Waals surface area contributed by atoms with Gasteiger partial charge in [0.15, 0.2) is 0 Å². The summed E-state index contributed by atoms with van der Waals surface area (Å²) in [5, 5.41) is 0.479. The maximum absolute atomic E-state index is 11.5. The number of halogens is 1. The predicted molar refractivity (Wildman–Crippen MR) is 59.3 cm³/mol. The Labute approximate surface area is 90.9 Å². The molecule has 0 saturated heterocycles. The van der Waals surface area contributed by atoms with Crippen molar-refractivity contribution in [1.82, 2.24) is 9.55 Å². The Balaban J connectivity index is 2.69. The van der Waals surface area contributed by atoms with Crippen molar-refractivity contribution < 1.29 is 0 Å². The zero-order valence-corrected chi connectivity index (χ0v) is 8.48. The number of hydrogen-bond acceptors (Lipinski definition) is 3. The lowest BCUT2D eigenvalue weighted by Crippen LogP contribution is -2.21. The fourth-order valence-corrected chi connectivity index (χ4v) is 1.48. The first kappa shape index (κ1) is 9.73. The molecule has 2 aromatic rings. The molecule has 1 heterocycles. The Morgan fingerprint density at radius 2 is 2.07 bits per heavy atom. The SMILES string of the molecule is Nc1cnc(=O)n(-c2ccccc2Cl)c1. The monoisotopic (exact) mass is 221 g/mol. The van der Waals surface area contributed by atoms with E-state index >= 15 is 0 Å². The molecule has 0 atom stereocenters.